The van der Waals surface area contributed by atoms with Crippen LogP contribution in [0.4, 0.5) is 11.6 Å². The van der Waals surface area contributed by atoms with Gasteiger partial charge in [0.1, 0.15) is 0 Å². The van der Waals surface area contributed by atoms with E-state index < -0.39 is 0 Å². The molecule has 0 bridgehead atoms. The third-order valence-electron chi connectivity index (χ3n) is 1.88. The molecule has 0 aliphatic carbocycles. The lowest BCUT2D eigenvalue weighted by Gasteiger charge is -2.19. The molecule has 0 radical (unpaired) electrons. The number of hydrogen-bond donors (Lipinski definition) is 1. The number of aromatic nitrogens is 2. The summed E-state index contributed by atoms with van der Waals surface area (Å²) in [4.78, 5) is 12.4. The lowest BCUT2D eigenvalue weighted by Crippen LogP contribution is -2.29. The number of anilines is 2. The van der Waals surface area contributed by atoms with Crippen LogP contribution in [0.3, 0.4) is 0 Å². The molecule has 0 unspecified atom stereocenters. The van der Waals surface area contributed by atoms with E-state index in [1.54, 1.807) is 12.4 Å². The molecule has 1 aromatic heterocycles. The van der Waals surface area contributed by atoms with Crippen molar-refractivity contribution in [2.24, 2.45) is 0 Å². The van der Waals surface area contributed by atoms with Crippen LogP contribution in [0.5, 0.6) is 0 Å². The van der Waals surface area contributed by atoms with Crippen LogP contribution >= 0.6 is 0 Å². The minimum absolute atomic E-state index is 0.592. The Bertz CT molecular complexity index is 269. The van der Waals surface area contributed by atoms with Crippen molar-refractivity contribution in [3.8, 4) is 0 Å². The molecule has 1 rings (SSSR count). The number of hydrogen-bond acceptors (Lipinski definition) is 5. The van der Waals surface area contributed by atoms with Crippen molar-refractivity contribution in [2.45, 2.75) is 0 Å². The highest BCUT2D eigenvalue weighted by Crippen LogP contribution is 2.04. The van der Waals surface area contributed by atoms with Crippen molar-refractivity contribution < 1.29 is 0 Å². The van der Waals surface area contributed by atoms with Crippen LogP contribution in [0.1, 0.15) is 0 Å². The molecule has 0 amide bonds. The third kappa shape index (κ3) is 3.18. The molecule has 14 heavy (non-hydrogen) atoms. The molecular formula is C9H17N5. The van der Waals surface area contributed by atoms with Crippen LogP contribution in [0.2, 0.25) is 0 Å². The molecule has 0 aromatic carbocycles. The average molecular weight is 195 g/mol. The molecular weight excluding hydrogens is 178 g/mol. The quantitative estimate of drug-likeness (QED) is 0.736. The summed E-state index contributed by atoms with van der Waals surface area (Å²) in [5, 5.41) is 0. The summed E-state index contributed by atoms with van der Waals surface area (Å²) in [6.07, 6.45) is 3.24. The van der Waals surface area contributed by atoms with Crippen LogP contribution in [0, 0.1) is 0 Å². The van der Waals surface area contributed by atoms with Gasteiger partial charge in [-0.1, -0.05) is 0 Å². The molecule has 0 saturated carbocycles. The number of nitrogens with two attached hydrogens (primary N) is 1. The Hall–Kier alpha value is -1.36. The van der Waals surface area contributed by atoms with E-state index in [1.807, 2.05) is 26.0 Å². The summed E-state index contributed by atoms with van der Waals surface area (Å²) in [6.45, 7) is 1.88. The first-order chi connectivity index (χ1) is 6.59. The molecule has 0 saturated heterocycles. The van der Waals surface area contributed by atoms with Crippen LogP contribution in [0.25, 0.3) is 0 Å². The predicted octanol–water partition coefficient (Wildman–Crippen LogP) is 0.0566. The van der Waals surface area contributed by atoms with Crippen molar-refractivity contribution in [1.82, 2.24) is 14.9 Å². The number of rotatable bonds is 4. The zero-order chi connectivity index (χ0) is 10.6. The maximum absolute atomic E-state index is 5.50. The van der Waals surface area contributed by atoms with Gasteiger partial charge < -0.3 is 15.5 Å². The van der Waals surface area contributed by atoms with Gasteiger partial charge in [-0.25, -0.2) is 9.97 Å². The normalized spacial score (nSPS) is 10.6. The Kier molecular flexibility index (Phi) is 3.64. The minimum Gasteiger partial charge on any atom is -0.396 e. The van der Waals surface area contributed by atoms with Gasteiger partial charge in [0.05, 0.1) is 18.1 Å². The molecule has 0 spiro atoms. The standard InChI is InChI=1S/C9H17N5/c1-13(2)4-5-14(3)9-11-6-8(10)7-12-9/h6-7H,4-5,10H2,1-3H3. The van der Waals surface area contributed by atoms with Gasteiger partial charge in [0, 0.05) is 20.1 Å². The molecule has 1 aromatic rings. The Morgan fingerprint density at radius 2 is 1.71 bits per heavy atom. The summed E-state index contributed by atoms with van der Waals surface area (Å²) in [5.41, 5.74) is 6.09. The van der Waals surface area contributed by atoms with Crippen molar-refractivity contribution >= 4 is 11.6 Å². The van der Waals surface area contributed by atoms with E-state index in [9.17, 15) is 0 Å². The second kappa shape index (κ2) is 4.76. The van der Waals surface area contributed by atoms with Crippen molar-refractivity contribution in [3.63, 3.8) is 0 Å². The molecule has 0 fully saturated rings. The zero-order valence-electron chi connectivity index (χ0n) is 8.94. The van der Waals surface area contributed by atoms with Gasteiger partial charge in [-0.15, -0.1) is 0 Å². The van der Waals surface area contributed by atoms with Crippen molar-refractivity contribution in [1.29, 1.82) is 0 Å². The first kappa shape index (κ1) is 10.7. The lowest BCUT2D eigenvalue weighted by atomic mass is 10.5. The highest BCUT2D eigenvalue weighted by Gasteiger charge is 2.03. The number of likely N-dealkylation sites (N-methyl/N-ethyl adjacent to an activating group) is 2. The lowest BCUT2D eigenvalue weighted by molar-refractivity contribution is 0.415. The van der Waals surface area contributed by atoms with Crippen LogP contribution in [0.15, 0.2) is 12.4 Å². The van der Waals surface area contributed by atoms with E-state index in [1.165, 1.54) is 0 Å². The molecule has 5 heteroatoms. The van der Waals surface area contributed by atoms with Crippen LogP contribution in [-0.2, 0) is 0 Å². The Morgan fingerprint density at radius 3 is 2.21 bits per heavy atom. The second-order valence-corrected chi connectivity index (χ2v) is 3.54. The SMILES string of the molecule is CN(C)CCN(C)c1ncc(N)cn1. The van der Waals surface area contributed by atoms with Crippen LogP contribution < -0.4 is 10.6 Å². The molecule has 1 heterocycles. The second-order valence-electron chi connectivity index (χ2n) is 3.54. The fourth-order valence-electron chi connectivity index (χ4n) is 0.978. The van der Waals surface area contributed by atoms with Gasteiger partial charge in [0.15, 0.2) is 0 Å². The molecule has 2 N–H and O–H groups in total. The smallest absolute Gasteiger partial charge is 0.225 e. The summed E-state index contributed by atoms with van der Waals surface area (Å²) < 4.78 is 0. The van der Waals surface area contributed by atoms with E-state index in [-0.39, 0.29) is 0 Å². The van der Waals surface area contributed by atoms with E-state index in [0.29, 0.717) is 11.6 Å². The Morgan fingerprint density at radius 1 is 1.14 bits per heavy atom. The first-order valence-electron chi connectivity index (χ1n) is 4.53. The average Bonchev–Trinajstić information content (AvgIpc) is 2.15. The third-order valence-corrected chi connectivity index (χ3v) is 1.88. The predicted molar refractivity (Wildman–Crippen MR) is 58.3 cm³/mol. The summed E-state index contributed by atoms with van der Waals surface area (Å²) >= 11 is 0. The van der Waals surface area contributed by atoms with Crippen molar-refractivity contribution in [3.05, 3.63) is 12.4 Å². The highest BCUT2D eigenvalue weighted by atomic mass is 15.2. The minimum atomic E-state index is 0.592. The largest absolute Gasteiger partial charge is 0.396 e. The topological polar surface area (TPSA) is 58.3 Å². The molecule has 5 nitrogen and oxygen atoms in total. The van der Waals surface area contributed by atoms with Gasteiger partial charge in [0.2, 0.25) is 5.95 Å². The summed E-state index contributed by atoms with van der Waals surface area (Å²) in [7, 11) is 6.05. The summed E-state index contributed by atoms with van der Waals surface area (Å²) in [5.74, 6) is 0.709. The number of nitrogens with zero attached hydrogens (tertiary/aromatic N) is 4. The van der Waals surface area contributed by atoms with E-state index in [4.69, 9.17) is 5.73 Å². The fourth-order valence-corrected chi connectivity index (χ4v) is 0.978. The molecule has 0 aliphatic heterocycles. The van der Waals surface area contributed by atoms with E-state index >= 15 is 0 Å². The number of nitrogen functional groups attached to an aromatic ring is 1. The Labute approximate surface area is 84.6 Å². The van der Waals surface area contributed by atoms with Crippen LogP contribution in [-0.4, -0.2) is 49.1 Å². The maximum Gasteiger partial charge on any atom is 0.225 e. The van der Waals surface area contributed by atoms with Gasteiger partial charge in [-0.3, -0.25) is 0 Å². The summed E-state index contributed by atoms with van der Waals surface area (Å²) in [6, 6.07) is 0. The van der Waals surface area contributed by atoms with E-state index in [0.717, 1.165) is 13.1 Å². The van der Waals surface area contributed by atoms with Gasteiger partial charge in [-0.05, 0) is 14.1 Å². The molecule has 0 aliphatic rings. The first-order valence-corrected chi connectivity index (χ1v) is 4.53. The molecule has 78 valence electrons. The van der Waals surface area contributed by atoms with E-state index in [2.05, 4.69) is 14.9 Å². The monoisotopic (exact) mass is 195 g/mol. The zero-order valence-corrected chi connectivity index (χ0v) is 8.94. The maximum atomic E-state index is 5.50. The highest BCUT2D eigenvalue weighted by molar-refractivity contribution is 5.37. The van der Waals surface area contributed by atoms with Crippen molar-refractivity contribution in [2.75, 3.05) is 44.9 Å². The van der Waals surface area contributed by atoms with Gasteiger partial charge in [-0.2, -0.15) is 0 Å². The van der Waals surface area contributed by atoms with Gasteiger partial charge in [0.25, 0.3) is 0 Å². The Balaban J connectivity index is 2.52. The van der Waals surface area contributed by atoms with Gasteiger partial charge >= 0.3 is 0 Å². The molecule has 0 atom stereocenters. The fraction of sp³-hybridized carbons (Fsp3) is 0.556.